The van der Waals surface area contributed by atoms with Gasteiger partial charge in [0.25, 0.3) is 0 Å². The number of carbonyl (C=O) groups excluding carboxylic acids is 1. The number of amides is 1. The standard InChI is InChI=1S/C19H26BrNO3/c1-12(2)14-5-7-15(8-6-14)18(22)21-17(19(23)24)11-13-3-9-16(20)10-4-13/h3-4,9-10,12,14-15,17H,5-8,11H2,1-2H3,(H,21,22)(H,23,24)/t14-,15-,17?. The normalized spacial score (nSPS) is 22.2. The van der Waals surface area contributed by atoms with E-state index in [4.69, 9.17) is 0 Å². The lowest BCUT2D eigenvalue weighted by Crippen LogP contribution is -2.45. The molecule has 1 aromatic carbocycles. The minimum atomic E-state index is -0.984. The number of hydrogen-bond donors (Lipinski definition) is 2. The van der Waals surface area contributed by atoms with Crippen molar-refractivity contribution in [3.8, 4) is 0 Å². The van der Waals surface area contributed by atoms with Crippen LogP contribution in [0.5, 0.6) is 0 Å². The Morgan fingerprint density at radius 2 is 1.75 bits per heavy atom. The zero-order chi connectivity index (χ0) is 17.7. The van der Waals surface area contributed by atoms with Crippen molar-refractivity contribution in [1.82, 2.24) is 5.32 Å². The first-order chi connectivity index (χ1) is 11.4. The van der Waals surface area contributed by atoms with Gasteiger partial charge in [0.05, 0.1) is 0 Å². The van der Waals surface area contributed by atoms with E-state index < -0.39 is 12.0 Å². The molecule has 0 aromatic heterocycles. The summed E-state index contributed by atoms with van der Waals surface area (Å²) in [5.74, 6) is 0.195. The second kappa shape index (κ2) is 8.65. The molecule has 1 aliphatic rings. The van der Waals surface area contributed by atoms with Crippen LogP contribution in [-0.4, -0.2) is 23.0 Å². The maximum atomic E-state index is 12.5. The number of carboxylic acid groups (broad SMARTS) is 1. The Balaban J connectivity index is 1.92. The van der Waals surface area contributed by atoms with Gasteiger partial charge in [0.2, 0.25) is 5.91 Å². The van der Waals surface area contributed by atoms with Gasteiger partial charge in [-0.2, -0.15) is 0 Å². The Bertz CT molecular complexity index is 562. The van der Waals surface area contributed by atoms with Gasteiger partial charge in [-0.05, 0) is 55.2 Å². The highest BCUT2D eigenvalue weighted by atomic mass is 79.9. The molecule has 5 heteroatoms. The smallest absolute Gasteiger partial charge is 0.326 e. The summed E-state index contributed by atoms with van der Waals surface area (Å²) in [7, 11) is 0. The Kier molecular flexibility index (Phi) is 6.84. The number of benzene rings is 1. The van der Waals surface area contributed by atoms with Crippen LogP contribution in [0.2, 0.25) is 0 Å². The summed E-state index contributed by atoms with van der Waals surface area (Å²) < 4.78 is 0.948. The lowest BCUT2D eigenvalue weighted by molar-refractivity contribution is -0.142. The van der Waals surface area contributed by atoms with Crippen LogP contribution in [0.15, 0.2) is 28.7 Å². The molecule has 1 amide bonds. The third-order valence-corrected chi connectivity index (χ3v) is 5.58. The first-order valence-corrected chi connectivity index (χ1v) is 9.43. The molecule has 0 heterocycles. The minimum absolute atomic E-state index is 0.0493. The van der Waals surface area contributed by atoms with Gasteiger partial charge in [0.15, 0.2) is 0 Å². The zero-order valence-electron chi connectivity index (χ0n) is 14.3. The third kappa shape index (κ3) is 5.33. The molecule has 0 spiro atoms. The van der Waals surface area contributed by atoms with E-state index in [2.05, 4.69) is 35.1 Å². The van der Waals surface area contributed by atoms with Crippen molar-refractivity contribution in [2.24, 2.45) is 17.8 Å². The average molecular weight is 396 g/mol. The van der Waals surface area contributed by atoms with Gasteiger partial charge in [-0.3, -0.25) is 4.79 Å². The number of carboxylic acids is 1. The van der Waals surface area contributed by atoms with Crippen molar-refractivity contribution in [2.75, 3.05) is 0 Å². The van der Waals surface area contributed by atoms with Gasteiger partial charge < -0.3 is 10.4 Å². The van der Waals surface area contributed by atoms with Crippen molar-refractivity contribution in [3.63, 3.8) is 0 Å². The van der Waals surface area contributed by atoms with Gasteiger partial charge >= 0.3 is 5.97 Å². The minimum Gasteiger partial charge on any atom is -0.480 e. The van der Waals surface area contributed by atoms with Crippen LogP contribution in [0.3, 0.4) is 0 Å². The van der Waals surface area contributed by atoms with E-state index in [1.54, 1.807) is 0 Å². The Morgan fingerprint density at radius 1 is 1.17 bits per heavy atom. The van der Waals surface area contributed by atoms with E-state index in [0.29, 0.717) is 18.3 Å². The van der Waals surface area contributed by atoms with E-state index in [0.717, 1.165) is 35.7 Å². The van der Waals surface area contributed by atoms with E-state index in [1.165, 1.54) is 0 Å². The lowest BCUT2D eigenvalue weighted by Gasteiger charge is -2.30. The fraction of sp³-hybridized carbons (Fsp3) is 0.579. The largest absolute Gasteiger partial charge is 0.480 e. The molecule has 1 aliphatic carbocycles. The Labute approximate surface area is 152 Å². The molecule has 0 saturated heterocycles. The number of halogens is 1. The number of rotatable bonds is 6. The highest BCUT2D eigenvalue weighted by Gasteiger charge is 2.30. The fourth-order valence-corrected chi connectivity index (χ4v) is 3.66. The molecule has 132 valence electrons. The summed E-state index contributed by atoms with van der Waals surface area (Å²) in [5.41, 5.74) is 0.898. The number of carbonyl (C=O) groups is 2. The molecule has 0 bridgehead atoms. The van der Waals surface area contributed by atoms with Gasteiger partial charge in [-0.25, -0.2) is 4.79 Å². The molecule has 24 heavy (non-hydrogen) atoms. The molecule has 0 aliphatic heterocycles. The molecule has 1 aromatic rings. The quantitative estimate of drug-likeness (QED) is 0.763. The summed E-state index contributed by atoms with van der Waals surface area (Å²) in [6.45, 7) is 4.45. The number of aliphatic carboxylic acids is 1. The van der Waals surface area contributed by atoms with Crippen molar-refractivity contribution < 1.29 is 14.7 Å². The van der Waals surface area contributed by atoms with Crippen molar-refractivity contribution in [2.45, 2.75) is 52.0 Å². The first kappa shape index (κ1) is 19.0. The molecule has 2 N–H and O–H groups in total. The van der Waals surface area contributed by atoms with E-state index >= 15 is 0 Å². The lowest BCUT2D eigenvalue weighted by atomic mass is 9.76. The third-order valence-electron chi connectivity index (χ3n) is 5.05. The van der Waals surface area contributed by atoms with E-state index in [-0.39, 0.29) is 11.8 Å². The average Bonchev–Trinajstić information content (AvgIpc) is 2.56. The van der Waals surface area contributed by atoms with Crippen LogP contribution in [-0.2, 0) is 16.0 Å². The second-order valence-corrected chi connectivity index (χ2v) is 8.00. The number of hydrogen-bond acceptors (Lipinski definition) is 2. The van der Waals surface area contributed by atoms with Gasteiger partial charge in [0, 0.05) is 16.8 Å². The van der Waals surface area contributed by atoms with Crippen molar-refractivity contribution in [1.29, 1.82) is 0 Å². The molecule has 1 fully saturated rings. The second-order valence-electron chi connectivity index (χ2n) is 7.09. The summed E-state index contributed by atoms with van der Waals surface area (Å²) in [4.78, 5) is 24.0. The molecular weight excluding hydrogens is 370 g/mol. The fourth-order valence-electron chi connectivity index (χ4n) is 3.39. The predicted octanol–water partition coefficient (Wildman–Crippen LogP) is 4.02. The van der Waals surface area contributed by atoms with Gasteiger partial charge in [0.1, 0.15) is 6.04 Å². The summed E-state index contributed by atoms with van der Waals surface area (Å²) in [6.07, 6.45) is 4.13. The van der Waals surface area contributed by atoms with Crippen LogP contribution >= 0.6 is 15.9 Å². The van der Waals surface area contributed by atoms with Gasteiger partial charge in [-0.1, -0.05) is 41.9 Å². The van der Waals surface area contributed by atoms with E-state index in [1.807, 2.05) is 24.3 Å². The maximum absolute atomic E-state index is 12.5. The molecule has 4 nitrogen and oxygen atoms in total. The molecule has 1 unspecified atom stereocenters. The van der Waals surface area contributed by atoms with Crippen LogP contribution < -0.4 is 5.32 Å². The Hall–Kier alpha value is -1.36. The summed E-state index contributed by atoms with van der Waals surface area (Å²) >= 11 is 3.36. The molecule has 1 atom stereocenters. The van der Waals surface area contributed by atoms with Gasteiger partial charge in [-0.15, -0.1) is 0 Å². The number of nitrogens with one attached hydrogen (secondary N) is 1. The SMILES string of the molecule is CC(C)[C@H]1CC[C@H](C(=O)NC(Cc2ccc(Br)cc2)C(=O)O)CC1. The molecular formula is C19H26BrNO3. The van der Waals surface area contributed by atoms with E-state index in [9.17, 15) is 14.7 Å². The molecule has 0 radical (unpaired) electrons. The Morgan fingerprint density at radius 3 is 2.25 bits per heavy atom. The van der Waals surface area contributed by atoms with Crippen LogP contribution in [0.25, 0.3) is 0 Å². The van der Waals surface area contributed by atoms with Crippen LogP contribution in [0.1, 0.15) is 45.1 Å². The van der Waals surface area contributed by atoms with Crippen LogP contribution in [0.4, 0.5) is 0 Å². The topological polar surface area (TPSA) is 66.4 Å². The first-order valence-electron chi connectivity index (χ1n) is 8.64. The molecule has 1 saturated carbocycles. The van der Waals surface area contributed by atoms with Crippen molar-refractivity contribution in [3.05, 3.63) is 34.3 Å². The highest BCUT2D eigenvalue weighted by Crippen LogP contribution is 2.33. The van der Waals surface area contributed by atoms with Crippen LogP contribution in [0, 0.1) is 17.8 Å². The molecule has 2 rings (SSSR count). The maximum Gasteiger partial charge on any atom is 0.326 e. The summed E-state index contributed by atoms with van der Waals surface area (Å²) in [6, 6.07) is 6.63. The monoisotopic (exact) mass is 395 g/mol. The summed E-state index contributed by atoms with van der Waals surface area (Å²) in [5, 5.41) is 12.2. The van der Waals surface area contributed by atoms with Crippen molar-refractivity contribution >= 4 is 27.8 Å². The predicted molar refractivity (Wildman–Crippen MR) is 97.7 cm³/mol. The zero-order valence-corrected chi connectivity index (χ0v) is 15.9. The highest BCUT2D eigenvalue weighted by molar-refractivity contribution is 9.10.